The number of hydrogen-bond donors (Lipinski definition) is 1. The van der Waals surface area contributed by atoms with Gasteiger partial charge in [-0.25, -0.2) is 9.97 Å². The summed E-state index contributed by atoms with van der Waals surface area (Å²) in [5.41, 5.74) is 7.72. The molecule has 6 heteroatoms. The number of nitrogen functional groups attached to an aromatic ring is 1. The summed E-state index contributed by atoms with van der Waals surface area (Å²) in [4.78, 5) is 8.20. The topological polar surface area (TPSA) is 75.2 Å². The molecule has 100 valence electrons. The Morgan fingerprint density at radius 2 is 2.37 bits per heavy atom. The summed E-state index contributed by atoms with van der Waals surface area (Å²) in [6, 6.07) is 3.76. The molecule has 0 bridgehead atoms. The molecule has 1 aliphatic rings. The van der Waals surface area contributed by atoms with Gasteiger partial charge in [0.15, 0.2) is 0 Å². The van der Waals surface area contributed by atoms with Crippen molar-refractivity contribution in [2.75, 3.05) is 25.6 Å². The van der Waals surface area contributed by atoms with Crippen LogP contribution in [-0.2, 0) is 16.0 Å². The van der Waals surface area contributed by atoms with Crippen molar-refractivity contribution in [1.82, 2.24) is 14.5 Å². The maximum atomic E-state index is 5.71. The molecule has 0 spiro atoms. The Kier molecular flexibility index (Phi) is 3.43. The molecule has 0 saturated carbocycles. The molecular formula is C13H16N4O2. The number of rotatable bonds is 3. The van der Waals surface area contributed by atoms with Crippen molar-refractivity contribution in [3.8, 4) is 11.3 Å². The van der Waals surface area contributed by atoms with Gasteiger partial charge in [0, 0.05) is 11.8 Å². The van der Waals surface area contributed by atoms with Gasteiger partial charge in [-0.05, 0) is 12.1 Å². The van der Waals surface area contributed by atoms with E-state index < -0.39 is 0 Å². The minimum Gasteiger partial charge on any atom is -0.384 e. The van der Waals surface area contributed by atoms with Crippen LogP contribution in [0, 0.1) is 0 Å². The third-order valence-electron chi connectivity index (χ3n) is 3.07. The quantitative estimate of drug-likeness (QED) is 0.889. The summed E-state index contributed by atoms with van der Waals surface area (Å²) in [6.07, 6.45) is 5.38. The van der Waals surface area contributed by atoms with Gasteiger partial charge in [0.05, 0.1) is 50.7 Å². The van der Waals surface area contributed by atoms with Crippen LogP contribution >= 0.6 is 0 Å². The number of anilines is 1. The van der Waals surface area contributed by atoms with Crippen LogP contribution in [0.1, 0.15) is 0 Å². The van der Waals surface area contributed by atoms with E-state index in [1.54, 1.807) is 12.5 Å². The van der Waals surface area contributed by atoms with Gasteiger partial charge in [-0.2, -0.15) is 0 Å². The molecule has 1 aliphatic heterocycles. The van der Waals surface area contributed by atoms with Crippen molar-refractivity contribution in [2.45, 2.75) is 12.6 Å². The monoisotopic (exact) mass is 260 g/mol. The van der Waals surface area contributed by atoms with Crippen molar-refractivity contribution >= 4 is 5.82 Å². The van der Waals surface area contributed by atoms with E-state index in [1.807, 2.05) is 22.9 Å². The first-order chi connectivity index (χ1) is 9.33. The van der Waals surface area contributed by atoms with E-state index in [2.05, 4.69) is 9.97 Å². The Morgan fingerprint density at radius 3 is 3.16 bits per heavy atom. The lowest BCUT2D eigenvalue weighted by Crippen LogP contribution is -2.32. The second kappa shape index (κ2) is 5.38. The standard InChI is InChI=1S/C13H16N4O2/c14-13-5-10(1-2-16-13)12-6-15-9-17(12)7-11-8-18-3-4-19-11/h1-2,5-6,9,11H,3-4,7-8H2,(H2,14,16). The number of nitrogens with two attached hydrogens (primary N) is 1. The molecule has 1 atom stereocenters. The van der Waals surface area contributed by atoms with Gasteiger partial charge in [0.1, 0.15) is 5.82 Å². The summed E-state index contributed by atoms with van der Waals surface area (Å²) in [7, 11) is 0. The summed E-state index contributed by atoms with van der Waals surface area (Å²) in [6.45, 7) is 2.67. The Labute approximate surface area is 111 Å². The molecule has 0 aromatic carbocycles. The molecule has 2 aromatic heterocycles. The zero-order chi connectivity index (χ0) is 13.1. The maximum Gasteiger partial charge on any atom is 0.123 e. The molecule has 19 heavy (non-hydrogen) atoms. The first-order valence-corrected chi connectivity index (χ1v) is 6.24. The van der Waals surface area contributed by atoms with Crippen molar-refractivity contribution in [3.63, 3.8) is 0 Å². The Bertz CT molecular complexity index is 549. The van der Waals surface area contributed by atoms with Crippen molar-refractivity contribution in [3.05, 3.63) is 30.9 Å². The van der Waals surface area contributed by atoms with E-state index in [0.29, 0.717) is 25.6 Å². The van der Waals surface area contributed by atoms with Crippen molar-refractivity contribution in [1.29, 1.82) is 0 Å². The molecule has 3 heterocycles. The van der Waals surface area contributed by atoms with Crippen LogP contribution in [0.4, 0.5) is 5.82 Å². The predicted molar refractivity (Wildman–Crippen MR) is 70.4 cm³/mol. The van der Waals surface area contributed by atoms with Crippen LogP contribution < -0.4 is 5.73 Å². The van der Waals surface area contributed by atoms with Crippen LogP contribution in [-0.4, -0.2) is 40.5 Å². The molecule has 3 rings (SSSR count). The van der Waals surface area contributed by atoms with Gasteiger partial charge in [-0.1, -0.05) is 0 Å². The zero-order valence-corrected chi connectivity index (χ0v) is 10.5. The second-order valence-corrected chi connectivity index (χ2v) is 4.47. The second-order valence-electron chi connectivity index (χ2n) is 4.47. The SMILES string of the molecule is Nc1cc(-c2cncn2CC2COCCO2)ccn1. The predicted octanol–water partition coefficient (Wildman–Crippen LogP) is 0.943. The maximum absolute atomic E-state index is 5.71. The minimum absolute atomic E-state index is 0.0703. The number of imidazole rings is 1. The molecular weight excluding hydrogens is 244 g/mol. The molecule has 0 amide bonds. The summed E-state index contributed by atoms with van der Waals surface area (Å²) in [5, 5.41) is 0. The van der Waals surface area contributed by atoms with Gasteiger partial charge in [0.25, 0.3) is 0 Å². The van der Waals surface area contributed by atoms with Crippen LogP contribution in [0.15, 0.2) is 30.9 Å². The smallest absolute Gasteiger partial charge is 0.123 e. The number of ether oxygens (including phenoxy) is 2. The highest BCUT2D eigenvalue weighted by Gasteiger charge is 2.16. The number of hydrogen-bond acceptors (Lipinski definition) is 5. The summed E-state index contributed by atoms with van der Waals surface area (Å²) >= 11 is 0. The third-order valence-corrected chi connectivity index (χ3v) is 3.07. The fourth-order valence-corrected chi connectivity index (χ4v) is 2.18. The molecule has 2 aromatic rings. The average molecular weight is 260 g/mol. The van der Waals surface area contributed by atoms with E-state index in [1.165, 1.54) is 0 Å². The fourth-order valence-electron chi connectivity index (χ4n) is 2.18. The highest BCUT2D eigenvalue weighted by atomic mass is 16.6. The number of aromatic nitrogens is 3. The van der Waals surface area contributed by atoms with Gasteiger partial charge in [0.2, 0.25) is 0 Å². The van der Waals surface area contributed by atoms with Gasteiger partial charge in [-0.3, -0.25) is 0 Å². The van der Waals surface area contributed by atoms with Crippen LogP contribution in [0.25, 0.3) is 11.3 Å². The van der Waals surface area contributed by atoms with Gasteiger partial charge >= 0.3 is 0 Å². The largest absolute Gasteiger partial charge is 0.384 e. The number of nitrogens with zero attached hydrogens (tertiary/aromatic N) is 3. The normalized spacial score (nSPS) is 19.5. The first kappa shape index (κ1) is 12.1. The fraction of sp³-hybridized carbons (Fsp3) is 0.385. The Hall–Kier alpha value is -1.92. The molecule has 1 saturated heterocycles. The lowest BCUT2D eigenvalue weighted by atomic mass is 10.2. The van der Waals surface area contributed by atoms with E-state index in [0.717, 1.165) is 17.8 Å². The van der Waals surface area contributed by atoms with Gasteiger partial charge in [-0.15, -0.1) is 0 Å². The molecule has 2 N–H and O–H groups in total. The van der Waals surface area contributed by atoms with E-state index in [4.69, 9.17) is 15.2 Å². The van der Waals surface area contributed by atoms with Crippen LogP contribution in [0.2, 0.25) is 0 Å². The average Bonchev–Trinajstić information content (AvgIpc) is 2.88. The van der Waals surface area contributed by atoms with Crippen molar-refractivity contribution < 1.29 is 9.47 Å². The first-order valence-electron chi connectivity index (χ1n) is 6.24. The van der Waals surface area contributed by atoms with Gasteiger partial charge < -0.3 is 19.8 Å². The molecule has 6 nitrogen and oxygen atoms in total. The Morgan fingerprint density at radius 1 is 1.42 bits per heavy atom. The molecule has 1 unspecified atom stereocenters. The molecule has 1 fully saturated rings. The van der Waals surface area contributed by atoms with Crippen LogP contribution in [0.3, 0.4) is 0 Å². The third kappa shape index (κ3) is 2.74. The highest BCUT2D eigenvalue weighted by molar-refractivity contribution is 5.61. The summed E-state index contributed by atoms with van der Waals surface area (Å²) < 4.78 is 13.1. The molecule has 0 radical (unpaired) electrons. The number of pyridine rings is 1. The Balaban J connectivity index is 1.81. The minimum atomic E-state index is 0.0703. The lowest BCUT2D eigenvalue weighted by Gasteiger charge is -2.23. The molecule has 0 aliphatic carbocycles. The van der Waals surface area contributed by atoms with E-state index in [-0.39, 0.29) is 6.10 Å². The lowest BCUT2D eigenvalue weighted by molar-refractivity contribution is -0.0934. The van der Waals surface area contributed by atoms with Crippen molar-refractivity contribution in [2.24, 2.45) is 0 Å². The van der Waals surface area contributed by atoms with E-state index >= 15 is 0 Å². The van der Waals surface area contributed by atoms with Crippen LogP contribution in [0.5, 0.6) is 0 Å². The zero-order valence-electron chi connectivity index (χ0n) is 10.5. The summed E-state index contributed by atoms with van der Waals surface area (Å²) in [5.74, 6) is 0.502. The van der Waals surface area contributed by atoms with E-state index in [9.17, 15) is 0 Å². The highest BCUT2D eigenvalue weighted by Crippen LogP contribution is 2.20.